The normalized spacial score (nSPS) is 18.6. The summed E-state index contributed by atoms with van der Waals surface area (Å²) in [6.07, 6.45) is 0.812. The van der Waals surface area contributed by atoms with E-state index in [9.17, 15) is 9.59 Å². The van der Waals surface area contributed by atoms with Gasteiger partial charge in [0, 0.05) is 12.8 Å². The minimum Gasteiger partial charge on any atom is -0.298 e. The van der Waals surface area contributed by atoms with Crippen molar-refractivity contribution in [2.24, 2.45) is 5.41 Å². The molecule has 0 bridgehead atoms. The van der Waals surface area contributed by atoms with Crippen molar-refractivity contribution in [3.63, 3.8) is 0 Å². The standard InChI is InChI=1S/C15H16N4O2S/c1-15(2)8-11(20)13(12(21)9-15)22-14-16-17-18-19(14)10-6-4-3-5-7-10/h3-7,13H,8-9H2,1-2H3. The third-order valence-electron chi connectivity index (χ3n) is 3.56. The molecule has 1 aromatic heterocycles. The Morgan fingerprint density at radius 3 is 2.41 bits per heavy atom. The number of rotatable bonds is 3. The van der Waals surface area contributed by atoms with Crippen LogP contribution in [-0.4, -0.2) is 37.0 Å². The first kappa shape index (κ1) is 14.9. The highest BCUT2D eigenvalue weighted by molar-refractivity contribution is 8.01. The molecule has 1 aliphatic rings. The van der Waals surface area contributed by atoms with Gasteiger partial charge in [0.05, 0.1) is 5.69 Å². The summed E-state index contributed by atoms with van der Waals surface area (Å²) in [5.74, 6) is -0.0947. The maximum atomic E-state index is 12.3. The first-order valence-electron chi connectivity index (χ1n) is 7.02. The average Bonchev–Trinajstić information content (AvgIpc) is 2.91. The van der Waals surface area contributed by atoms with Crippen molar-refractivity contribution in [3.05, 3.63) is 30.3 Å². The molecule has 1 heterocycles. The van der Waals surface area contributed by atoms with E-state index in [-0.39, 0.29) is 17.0 Å². The summed E-state index contributed by atoms with van der Waals surface area (Å²) in [7, 11) is 0. The molecule has 0 radical (unpaired) electrons. The maximum absolute atomic E-state index is 12.3. The van der Waals surface area contributed by atoms with Crippen molar-refractivity contribution in [2.75, 3.05) is 0 Å². The van der Waals surface area contributed by atoms with E-state index >= 15 is 0 Å². The van der Waals surface area contributed by atoms with E-state index in [1.54, 1.807) is 4.68 Å². The van der Waals surface area contributed by atoms with Gasteiger partial charge >= 0.3 is 0 Å². The molecular formula is C15H16N4O2S. The van der Waals surface area contributed by atoms with Gasteiger partial charge in [-0.15, -0.1) is 5.10 Å². The van der Waals surface area contributed by atoms with Gasteiger partial charge in [0.25, 0.3) is 0 Å². The van der Waals surface area contributed by atoms with Gasteiger partial charge in [0.2, 0.25) is 5.16 Å². The number of hydrogen-bond donors (Lipinski definition) is 0. The van der Waals surface area contributed by atoms with Gasteiger partial charge in [-0.25, -0.2) is 0 Å². The fourth-order valence-corrected chi connectivity index (χ4v) is 3.56. The van der Waals surface area contributed by atoms with E-state index in [0.29, 0.717) is 18.0 Å². The smallest absolute Gasteiger partial charge is 0.215 e. The lowest BCUT2D eigenvalue weighted by molar-refractivity contribution is -0.132. The molecule has 6 nitrogen and oxygen atoms in total. The molecule has 1 saturated carbocycles. The third-order valence-corrected chi connectivity index (χ3v) is 4.78. The second-order valence-corrected chi connectivity index (χ2v) is 7.23. The fourth-order valence-electron chi connectivity index (χ4n) is 2.59. The molecule has 114 valence electrons. The molecule has 7 heteroatoms. The van der Waals surface area contributed by atoms with E-state index in [0.717, 1.165) is 17.4 Å². The summed E-state index contributed by atoms with van der Waals surface area (Å²) < 4.78 is 1.55. The Balaban J connectivity index is 1.85. The summed E-state index contributed by atoms with van der Waals surface area (Å²) in [6, 6.07) is 9.40. The van der Waals surface area contributed by atoms with Crippen LogP contribution in [0.4, 0.5) is 0 Å². The zero-order valence-corrected chi connectivity index (χ0v) is 13.2. The minimum absolute atomic E-state index is 0.0474. The van der Waals surface area contributed by atoms with Crippen LogP contribution >= 0.6 is 11.8 Å². The number of para-hydroxylation sites is 1. The summed E-state index contributed by atoms with van der Waals surface area (Å²) >= 11 is 1.14. The fraction of sp³-hybridized carbons (Fsp3) is 0.400. The zero-order chi connectivity index (χ0) is 15.7. The molecule has 0 spiro atoms. The molecule has 0 N–H and O–H groups in total. The molecule has 0 atom stereocenters. The lowest BCUT2D eigenvalue weighted by Crippen LogP contribution is -2.39. The summed E-state index contributed by atoms with van der Waals surface area (Å²) in [4.78, 5) is 24.5. The maximum Gasteiger partial charge on any atom is 0.215 e. The molecule has 22 heavy (non-hydrogen) atoms. The number of ketones is 2. The SMILES string of the molecule is CC1(C)CC(=O)C(Sc2nnnn2-c2ccccc2)C(=O)C1. The molecule has 0 unspecified atom stereocenters. The van der Waals surface area contributed by atoms with Crippen LogP contribution in [0.25, 0.3) is 5.69 Å². The van der Waals surface area contributed by atoms with Crippen molar-refractivity contribution < 1.29 is 9.59 Å². The molecule has 3 rings (SSSR count). The van der Waals surface area contributed by atoms with Crippen LogP contribution in [0.15, 0.2) is 35.5 Å². The minimum atomic E-state index is -0.707. The van der Waals surface area contributed by atoms with Crippen molar-refractivity contribution in [3.8, 4) is 5.69 Å². The van der Waals surface area contributed by atoms with Gasteiger partial charge in [-0.1, -0.05) is 43.8 Å². The highest BCUT2D eigenvalue weighted by atomic mass is 32.2. The Bertz CT molecular complexity index is 691. The van der Waals surface area contributed by atoms with Gasteiger partial charge < -0.3 is 0 Å². The summed E-state index contributed by atoms with van der Waals surface area (Å²) in [6.45, 7) is 3.88. The highest BCUT2D eigenvalue weighted by Crippen LogP contribution is 2.37. The molecular weight excluding hydrogens is 300 g/mol. The van der Waals surface area contributed by atoms with Crippen LogP contribution < -0.4 is 0 Å². The number of thioether (sulfide) groups is 1. The van der Waals surface area contributed by atoms with Crippen LogP contribution in [0.3, 0.4) is 0 Å². The molecule has 2 aromatic rings. The summed E-state index contributed by atoms with van der Waals surface area (Å²) in [5.41, 5.74) is 0.544. The van der Waals surface area contributed by atoms with Gasteiger partial charge in [-0.05, 0) is 28.0 Å². The lowest BCUT2D eigenvalue weighted by atomic mass is 9.76. The number of carbonyl (C=O) groups is 2. The Morgan fingerprint density at radius 2 is 1.77 bits per heavy atom. The summed E-state index contributed by atoms with van der Waals surface area (Å²) in [5, 5.41) is 11.3. The largest absolute Gasteiger partial charge is 0.298 e. The Hall–Kier alpha value is -2.02. The van der Waals surface area contributed by atoms with Crippen molar-refractivity contribution in [1.82, 2.24) is 20.2 Å². The second kappa shape index (κ2) is 5.64. The quantitative estimate of drug-likeness (QED) is 0.807. The number of benzene rings is 1. The first-order valence-corrected chi connectivity index (χ1v) is 7.90. The molecule has 1 aliphatic carbocycles. The number of aromatic nitrogens is 4. The van der Waals surface area contributed by atoms with Crippen LogP contribution in [-0.2, 0) is 9.59 Å². The van der Waals surface area contributed by atoms with Gasteiger partial charge in [-0.3, -0.25) is 9.59 Å². The van der Waals surface area contributed by atoms with Crippen molar-refractivity contribution in [2.45, 2.75) is 37.1 Å². The van der Waals surface area contributed by atoms with Crippen LogP contribution in [0.1, 0.15) is 26.7 Å². The molecule has 1 fully saturated rings. The highest BCUT2D eigenvalue weighted by Gasteiger charge is 2.41. The Morgan fingerprint density at radius 1 is 1.14 bits per heavy atom. The predicted molar refractivity (Wildman–Crippen MR) is 81.8 cm³/mol. The van der Waals surface area contributed by atoms with Crippen molar-refractivity contribution in [1.29, 1.82) is 0 Å². The molecule has 0 aliphatic heterocycles. The van der Waals surface area contributed by atoms with E-state index in [1.807, 2.05) is 44.2 Å². The van der Waals surface area contributed by atoms with Crippen molar-refractivity contribution >= 4 is 23.3 Å². The van der Waals surface area contributed by atoms with Gasteiger partial charge in [0.1, 0.15) is 5.25 Å². The van der Waals surface area contributed by atoms with E-state index in [1.165, 1.54) is 0 Å². The van der Waals surface area contributed by atoms with E-state index < -0.39 is 5.25 Å². The lowest BCUT2D eigenvalue weighted by Gasteiger charge is -2.31. The zero-order valence-electron chi connectivity index (χ0n) is 12.4. The van der Waals surface area contributed by atoms with Crippen LogP contribution in [0.5, 0.6) is 0 Å². The molecule has 0 saturated heterocycles. The monoisotopic (exact) mass is 316 g/mol. The topological polar surface area (TPSA) is 77.7 Å². The Kier molecular flexibility index (Phi) is 3.82. The molecule has 1 aromatic carbocycles. The second-order valence-electron chi connectivity index (χ2n) is 6.16. The number of nitrogens with zero attached hydrogens (tertiary/aromatic N) is 4. The average molecular weight is 316 g/mol. The Labute approximate surface area is 132 Å². The van der Waals surface area contributed by atoms with E-state index in [4.69, 9.17) is 0 Å². The first-order chi connectivity index (χ1) is 10.5. The number of carbonyl (C=O) groups excluding carboxylic acids is 2. The van der Waals surface area contributed by atoms with E-state index in [2.05, 4.69) is 15.5 Å². The van der Waals surface area contributed by atoms with Crippen LogP contribution in [0.2, 0.25) is 0 Å². The number of hydrogen-bond acceptors (Lipinski definition) is 6. The predicted octanol–water partition coefficient (Wildman–Crippen LogP) is 2.08. The number of tetrazole rings is 1. The number of Topliss-reactive ketones (excluding diaryl/α,β-unsaturated/α-hetero) is 2. The van der Waals surface area contributed by atoms with Gasteiger partial charge in [-0.2, -0.15) is 4.68 Å². The van der Waals surface area contributed by atoms with Crippen LogP contribution in [0, 0.1) is 5.41 Å². The van der Waals surface area contributed by atoms with Gasteiger partial charge in [0.15, 0.2) is 11.6 Å². The molecule has 0 amide bonds. The third kappa shape index (κ3) is 2.94.